The summed E-state index contributed by atoms with van der Waals surface area (Å²) in [5, 5.41) is 21.0. The van der Waals surface area contributed by atoms with Crippen molar-refractivity contribution < 1.29 is 4.42 Å². The van der Waals surface area contributed by atoms with Gasteiger partial charge in [-0.3, -0.25) is 0 Å². The van der Waals surface area contributed by atoms with Crippen molar-refractivity contribution in [2.45, 2.75) is 68.0 Å². The number of aromatic nitrogens is 4. The number of hydrogen-bond donors (Lipinski definition) is 1. The van der Waals surface area contributed by atoms with Gasteiger partial charge in [0.05, 0.1) is 5.75 Å². The molecule has 1 aliphatic rings. The van der Waals surface area contributed by atoms with Crippen molar-refractivity contribution in [3.8, 4) is 0 Å². The number of nitrogens with one attached hydrogen (secondary N) is 1. The van der Waals surface area contributed by atoms with Crippen molar-refractivity contribution >= 4 is 28.2 Å². The van der Waals surface area contributed by atoms with Gasteiger partial charge in [-0.2, -0.15) is 0 Å². The van der Waals surface area contributed by atoms with Crippen LogP contribution in [-0.2, 0) is 5.75 Å². The summed E-state index contributed by atoms with van der Waals surface area (Å²) in [6, 6.07) is 0.559. The molecule has 0 aromatic carbocycles. The number of hydrogen-bond acceptors (Lipinski definition) is 8. The van der Waals surface area contributed by atoms with Crippen LogP contribution in [-0.4, -0.2) is 26.4 Å². The lowest BCUT2D eigenvalue weighted by molar-refractivity contribution is 0.445. The molecule has 0 atom stereocenters. The first-order chi connectivity index (χ1) is 10.7. The van der Waals surface area contributed by atoms with Crippen LogP contribution in [0.3, 0.4) is 0 Å². The minimum absolute atomic E-state index is 0.263. The van der Waals surface area contributed by atoms with Gasteiger partial charge in [0.25, 0.3) is 0 Å². The van der Waals surface area contributed by atoms with Crippen molar-refractivity contribution in [1.29, 1.82) is 0 Å². The Morgan fingerprint density at radius 1 is 1.18 bits per heavy atom. The molecule has 1 saturated carbocycles. The highest BCUT2D eigenvalue weighted by atomic mass is 32.2. The van der Waals surface area contributed by atoms with Gasteiger partial charge in [-0.1, -0.05) is 56.2 Å². The summed E-state index contributed by atoms with van der Waals surface area (Å²) in [4.78, 5) is 0. The first kappa shape index (κ1) is 15.7. The normalized spacial score (nSPS) is 16.3. The maximum absolute atomic E-state index is 5.59. The summed E-state index contributed by atoms with van der Waals surface area (Å²) in [5.74, 6) is 2.23. The van der Waals surface area contributed by atoms with Crippen LogP contribution in [0.25, 0.3) is 0 Å². The van der Waals surface area contributed by atoms with E-state index in [-0.39, 0.29) is 5.92 Å². The number of anilines is 1. The Labute approximate surface area is 138 Å². The van der Waals surface area contributed by atoms with Crippen molar-refractivity contribution in [2.75, 3.05) is 5.32 Å². The van der Waals surface area contributed by atoms with Crippen LogP contribution in [0.4, 0.5) is 5.13 Å². The fourth-order valence-corrected chi connectivity index (χ4v) is 4.10. The minimum Gasteiger partial charge on any atom is -0.424 e. The minimum atomic E-state index is 0.263. The second kappa shape index (κ2) is 7.41. The Kier molecular flexibility index (Phi) is 5.30. The molecule has 0 radical (unpaired) electrons. The molecule has 1 fully saturated rings. The van der Waals surface area contributed by atoms with Crippen LogP contribution in [0, 0.1) is 0 Å². The van der Waals surface area contributed by atoms with E-state index in [2.05, 4.69) is 25.7 Å². The van der Waals surface area contributed by atoms with E-state index in [9.17, 15) is 0 Å². The van der Waals surface area contributed by atoms with Crippen LogP contribution in [0.15, 0.2) is 8.76 Å². The quantitative estimate of drug-likeness (QED) is 0.794. The lowest BCUT2D eigenvalue weighted by Crippen LogP contribution is -2.21. The highest BCUT2D eigenvalue weighted by molar-refractivity contribution is 8.00. The van der Waals surface area contributed by atoms with E-state index in [0.717, 1.165) is 9.47 Å². The van der Waals surface area contributed by atoms with Gasteiger partial charge in [0, 0.05) is 12.0 Å². The molecule has 2 aromatic rings. The Morgan fingerprint density at radius 3 is 2.73 bits per heavy atom. The fourth-order valence-electron chi connectivity index (χ4n) is 2.43. The summed E-state index contributed by atoms with van der Waals surface area (Å²) in [7, 11) is 0. The smallest absolute Gasteiger partial charge is 0.226 e. The molecule has 22 heavy (non-hydrogen) atoms. The van der Waals surface area contributed by atoms with Gasteiger partial charge in [-0.05, 0) is 12.8 Å². The lowest BCUT2D eigenvalue weighted by atomic mass is 9.96. The molecule has 8 heteroatoms. The van der Waals surface area contributed by atoms with Gasteiger partial charge in [0.1, 0.15) is 0 Å². The lowest BCUT2D eigenvalue weighted by Gasteiger charge is -2.21. The third-order valence-corrected chi connectivity index (χ3v) is 5.61. The third kappa shape index (κ3) is 4.19. The summed E-state index contributed by atoms with van der Waals surface area (Å²) >= 11 is 3.19. The van der Waals surface area contributed by atoms with E-state index in [0.29, 0.717) is 23.6 Å². The highest BCUT2D eigenvalue weighted by Crippen LogP contribution is 2.30. The molecule has 0 spiro atoms. The topological polar surface area (TPSA) is 76.7 Å². The molecule has 1 aliphatic carbocycles. The van der Waals surface area contributed by atoms with E-state index in [1.807, 2.05) is 13.8 Å². The van der Waals surface area contributed by atoms with Gasteiger partial charge in [0.2, 0.25) is 16.9 Å². The standard InChI is InChI=1S/C14H21N5OS2/c1-9(2)12-17-16-11(20-12)8-21-14-19-18-13(22-14)15-10-6-4-3-5-7-10/h9-10H,3-8H2,1-2H3,(H,15,18). The summed E-state index contributed by atoms with van der Waals surface area (Å²) in [5.41, 5.74) is 0. The molecule has 2 aromatic heterocycles. The first-order valence-corrected chi connectivity index (χ1v) is 9.56. The van der Waals surface area contributed by atoms with Crippen LogP contribution in [0.1, 0.15) is 63.7 Å². The van der Waals surface area contributed by atoms with E-state index in [1.165, 1.54) is 32.1 Å². The van der Waals surface area contributed by atoms with Crippen molar-refractivity contribution in [3.05, 3.63) is 11.8 Å². The number of nitrogens with zero attached hydrogens (tertiary/aromatic N) is 4. The Bertz CT molecular complexity index is 592. The fraction of sp³-hybridized carbons (Fsp3) is 0.714. The third-order valence-electron chi connectivity index (χ3n) is 3.63. The first-order valence-electron chi connectivity index (χ1n) is 7.76. The average Bonchev–Trinajstić information content (AvgIpc) is 3.15. The SMILES string of the molecule is CC(C)c1nnc(CSc2nnc(NC3CCCCC3)s2)o1. The van der Waals surface area contributed by atoms with Gasteiger partial charge < -0.3 is 9.73 Å². The summed E-state index contributed by atoms with van der Waals surface area (Å²) in [6.45, 7) is 4.08. The highest BCUT2D eigenvalue weighted by Gasteiger charge is 2.16. The molecule has 3 rings (SSSR count). The van der Waals surface area contributed by atoms with Gasteiger partial charge in [0.15, 0.2) is 4.34 Å². The van der Waals surface area contributed by atoms with Crippen LogP contribution in [0.2, 0.25) is 0 Å². The summed E-state index contributed by atoms with van der Waals surface area (Å²) < 4.78 is 6.53. The number of rotatable bonds is 6. The maximum atomic E-state index is 5.59. The zero-order valence-corrected chi connectivity index (χ0v) is 14.5. The van der Waals surface area contributed by atoms with E-state index < -0.39 is 0 Å². The largest absolute Gasteiger partial charge is 0.424 e. The predicted octanol–water partition coefficient (Wildman–Crippen LogP) is 4.08. The van der Waals surface area contributed by atoms with Crippen molar-refractivity contribution in [3.63, 3.8) is 0 Å². The van der Waals surface area contributed by atoms with Crippen molar-refractivity contribution in [2.24, 2.45) is 0 Å². The average molecular weight is 339 g/mol. The van der Waals surface area contributed by atoms with Gasteiger partial charge in [-0.15, -0.1) is 20.4 Å². The number of thioether (sulfide) groups is 1. The zero-order valence-electron chi connectivity index (χ0n) is 12.9. The van der Waals surface area contributed by atoms with E-state index in [4.69, 9.17) is 4.42 Å². The Hall–Kier alpha value is -1.15. The molecule has 0 aliphatic heterocycles. The molecule has 1 N–H and O–H groups in total. The molecule has 0 bridgehead atoms. The predicted molar refractivity (Wildman–Crippen MR) is 88.4 cm³/mol. The van der Waals surface area contributed by atoms with E-state index >= 15 is 0 Å². The van der Waals surface area contributed by atoms with E-state index in [1.54, 1.807) is 23.1 Å². The Morgan fingerprint density at radius 2 is 2.00 bits per heavy atom. The van der Waals surface area contributed by atoms with Crippen LogP contribution in [0.5, 0.6) is 0 Å². The van der Waals surface area contributed by atoms with Crippen molar-refractivity contribution in [1.82, 2.24) is 20.4 Å². The molecular formula is C14H21N5OS2. The molecule has 0 unspecified atom stereocenters. The maximum Gasteiger partial charge on any atom is 0.226 e. The summed E-state index contributed by atoms with van der Waals surface area (Å²) in [6.07, 6.45) is 6.46. The van der Waals surface area contributed by atoms with Crippen LogP contribution >= 0.6 is 23.1 Å². The molecular weight excluding hydrogens is 318 g/mol. The molecule has 2 heterocycles. The Balaban J connectivity index is 1.50. The molecule has 0 amide bonds. The second-order valence-corrected chi connectivity index (χ2v) is 8.03. The van der Waals surface area contributed by atoms with Crippen LogP contribution < -0.4 is 5.32 Å². The zero-order chi connectivity index (χ0) is 15.4. The monoisotopic (exact) mass is 339 g/mol. The second-order valence-electron chi connectivity index (χ2n) is 5.83. The van der Waals surface area contributed by atoms with Gasteiger partial charge in [-0.25, -0.2) is 0 Å². The molecule has 120 valence electrons. The van der Waals surface area contributed by atoms with Gasteiger partial charge >= 0.3 is 0 Å². The molecule has 6 nitrogen and oxygen atoms in total. The molecule has 0 saturated heterocycles.